The minimum absolute atomic E-state index is 0.105. The lowest BCUT2D eigenvalue weighted by atomic mass is 10.1. The molecule has 2 rings (SSSR count). The highest BCUT2D eigenvalue weighted by atomic mass is 32.1. The number of nitrogens with one attached hydrogen (secondary N) is 2. The normalized spacial score (nSPS) is 9.86. The summed E-state index contributed by atoms with van der Waals surface area (Å²) < 4.78 is 0. The molecule has 0 aliphatic carbocycles. The lowest BCUT2D eigenvalue weighted by molar-refractivity contribution is 0.0696. The average Bonchev–Trinajstić information content (AvgIpc) is 2.47. The fourth-order valence-corrected chi connectivity index (χ4v) is 1.98. The lowest BCUT2D eigenvalue weighted by Gasteiger charge is -2.10. The maximum atomic E-state index is 12.0. The Balaban J connectivity index is 2.01. The van der Waals surface area contributed by atoms with Gasteiger partial charge >= 0.3 is 5.97 Å². The van der Waals surface area contributed by atoms with E-state index < -0.39 is 5.97 Å². The Morgan fingerprint density at radius 2 is 1.73 bits per heavy atom. The van der Waals surface area contributed by atoms with Crippen LogP contribution in [0.15, 0.2) is 48.5 Å². The van der Waals surface area contributed by atoms with Gasteiger partial charge in [-0.15, -0.1) is 0 Å². The summed E-state index contributed by atoms with van der Waals surface area (Å²) in [4.78, 5) is 22.9. The largest absolute Gasteiger partial charge is 0.478 e. The average molecular weight is 314 g/mol. The molecule has 1 amide bonds. The molecule has 0 fully saturated rings. The minimum Gasteiger partial charge on any atom is -0.478 e. The van der Waals surface area contributed by atoms with E-state index in [2.05, 4.69) is 10.6 Å². The Morgan fingerprint density at radius 1 is 1.05 bits per heavy atom. The van der Waals surface area contributed by atoms with Crippen molar-refractivity contribution in [1.29, 1.82) is 0 Å². The molecule has 2 aromatic rings. The number of hydrogen-bond acceptors (Lipinski definition) is 3. The van der Waals surface area contributed by atoms with E-state index in [1.54, 1.807) is 24.3 Å². The predicted octanol–water partition coefficient (Wildman–Crippen LogP) is 2.82. The van der Waals surface area contributed by atoms with Crippen LogP contribution in [0.1, 0.15) is 26.3 Å². The van der Waals surface area contributed by atoms with Gasteiger partial charge in [0.15, 0.2) is 5.11 Å². The van der Waals surface area contributed by atoms with Crippen molar-refractivity contribution in [3.63, 3.8) is 0 Å². The number of amides is 1. The number of anilines is 1. The third kappa shape index (κ3) is 4.13. The molecule has 0 saturated heterocycles. The highest BCUT2D eigenvalue weighted by molar-refractivity contribution is 7.80. The summed E-state index contributed by atoms with van der Waals surface area (Å²) in [7, 11) is 0. The van der Waals surface area contributed by atoms with E-state index in [0.717, 1.165) is 5.56 Å². The lowest BCUT2D eigenvalue weighted by Crippen LogP contribution is -2.34. The van der Waals surface area contributed by atoms with Crippen molar-refractivity contribution in [3.05, 3.63) is 65.2 Å². The van der Waals surface area contributed by atoms with Crippen LogP contribution < -0.4 is 10.6 Å². The van der Waals surface area contributed by atoms with Crippen LogP contribution >= 0.6 is 12.2 Å². The standard InChI is InChI=1S/C16H14N2O3S/c1-10-5-7-11(8-6-10)14(19)18-16(22)17-13-4-2-3-12(9-13)15(20)21/h2-9H,1H3,(H,20,21)(H2,17,18,19,22). The van der Waals surface area contributed by atoms with Crippen LogP contribution in [0.4, 0.5) is 5.69 Å². The van der Waals surface area contributed by atoms with Gasteiger partial charge in [-0.25, -0.2) is 4.79 Å². The molecule has 2 aromatic carbocycles. The van der Waals surface area contributed by atoms with Crippen molar-refractivity contribution >= 4 is 34.9 Å². The van der Waals surface area contributed by atoms with Crippen LogP contribution in [0, 0.1) is 6.92 Å². The second-order valence-corrected chi connectivity index (χ2v) is 5.07. The quantitative estimate of drug-likeness (QED) is 0.759. The Bertz CT molecular complexity index is 726. The topological polar surface area (TPSA) is 78.4 Å². The van der Waals surface area contributed by atoms with Gasteiger partial charge in [0.2, 0.25) is 0 Å². The van der Waals surface area contributed by atoms with Crippen LogP contribution in [-0.4, -0.2) is 22.1 Å². The van der Waals surface area contributed by atoms with Crippen LogP contribution in [-0.2, 0) is 0 Å². The third-order valence-electron chi connectivity index (χ3n) is 2.91. The van der Waals surface area contributed by atoms with E-state index in [1.807, 2.05) is 19.1 Å². The van der Waals surface area contributed by atoms with Gasteiger partial charge in [0.1, 0.15) is 0 Å². The smallest absolute Gasteiger partial charge is 0.335 e. The Hall–Kier alpha value is -2.73. The van der Waals surface area contributed by atoms with Crippen molar-refractivity contribution in [2.75, 3.05) is 5.32 Å². The highest BCUT2D eigenvalue weighted by Crippen LogP contribution is 2.10. The number of thiocarbonyl (C=S) groups is 1. The number of rotatable bonds is 3. The molecule has 112 valence electrons. The Kier molecular flexibility index (Phi) is 4.85. The number of benzene rings is 2. The molecule has 0 aliphatic heterocycles. The monoisotopic (exact) mass is 314 g/mol. The van der Waals surface area contributed by atoms with Gasteiger partial charge in [-0.3, -0.25) is 10.1 Å². The van der Waals surface area contributed by atoms with E-state index >= 15 is 0 Å². The number of carboxylic acids is 1. The van der Waals surface area contributed by atoms with E-state index in [-0.39, 0.29) is 16.6 Å². The molecule has 6 heteroatoms. The number of aromatic carboxylic acids is 1. The number of hydrogen-bond donors (Lipinski definition) is 3. The summed E-state index contributed by atoms with van der Waals surface area (Å²) >= 11 is 5.06. The fourth-order valence-electron chi connectivity index (χ4n) is 1.77. The molecule has 0 bridgehead atoms. The van der Waals surface area contributed by atoms with Crippen molar-refractivity contribution in [2.45, 2.75) is 6.92 Å². The van der Waals surface area contributed by atoms with Crippen molar-refractivity contribution < 1.29 is 14.7 Å². The predicted molar refractivity (Wildman–Crippen MR) is 88.3 cm³/mol. The first-order valence-corrected chi connectivity index (χ1v) is 6.89. The summed E-state index contributed by atoms with van der Waals surface area (Å²) in [6, 6.07) is 13.3. The number of carboxylic acid groups (broad SMARTS) is 1. The molecule has 0 atom stereocenters. The van der Waals surface area contributed by atoms with Gasteiger partial charge < -0.3 is 10.4 Å². The van der Waals surface area contributed by atoms with Gasteiger partial charge in [-0.1, -0.05) is 23.8 Å². The minimum atomic E-state index is -1.03. The van der Waals surface area contributed by atoms with Crippen LogP contribution in [0.3, 0.4) is 0 Å². The number of carbonyl (C=O) groups excluding carboxylic acids is 1. The maximum Gasteiger partial charge on any atom is 0.335 e. The summed E-state index contributed by atoms with van der Waals surface area (Å²) in [5.41, 5.74) is 2.18. The van der Waals surface area contributed by atoms with Crippen molar-refractivity contribution in [1.82, 2.24) is 5.32 Å². The van der Waals surface area contributed by atoms with Gasteiger partial charge in [0, 0.05) is 11.3 Å². The molecule has 22 heavy (non-hydrogen) atoms. The summed E-state index contributed by atoms with van der Waals surface area (Å²) in [5.74, 6) is -1.36. The molecule has 5 nitrogen and oxygen atoms in total. The molecule has 0 aromatic heterocycles. The summed E-state index contributed by atoms with van der Waals surface area (Å²) in [6.45, 7) is 1.93. The zero-order chi connectivity index (χ0) is 16.1. The molecule has 0 saturated carbocycles. The van der Waals surface area contributed by atoms with E-state index in [1.165, 1.54) is 12.1 Å². The second kappa shape index (κ2) is 6.82. The molecule has 0 radical (unpaired) electrons. The Labute approximate surface area is 133 Å². The molecule has 3 N–H and O–H groups in total. The van der Waals surface area contributed by atoms with Gasteiger partial charge in [-0.05, 0) is 49.5 Å². The van der Waals surface area contributed by atoms with Crippen molar-refractivity contribution in [2.24, 2.45) is 0 Å². The maximum absolute atomic E-state index is 12.0. The molecular weight excluding hydrogens is 300 g/mol. The van der Waals surface area contributed by atoms with Gasteiger partial charge in [0.25, 0.3) is 5.91 Å². The first kappa shape index (κ1) is 15.7. The Morgan fingerprint density at radius 3 is 2.36 bits per heavy atom. The van der Waals surface area contributed by atoms with Crippen LogP contribution in [0.2, 0.25) is 0 Å². The first-order chi connectivity index (χ1) is 10.5. The molecule has 0 heterocycles. The van der Waals surface area contributed by atoms with Crippen LogP contribution in [0.25, 0.3) is 0 Å². The molecule has 0 aliphatic rings. The zero-order valence-electron chi connectivity index (χ0n) is 11.8. The fraction of sp³-hybridized carbons (Fsp3) is 0.0625. The second-order valence-electron chi connectivity index (χ2n) is 4.66. The first-order valence-electron chi connectivity index (χ1n) is 6.48. The molecule has 0 unspecified atom stereocenters. The van der Waals surface area contributed by atoms with E-state index in [4.69, 9.17) is 17.3 Å². The summed E-state index contributed by atoms with van der Waals surface area (Å²) in [6.07, 6.45) is 0. The number of carbonyl (C=O) groups is 2. The molecular formula is C16H14N2O3S. The number of aryl methyl sites for hydroxylation is 1. The summed E-state index contributed by atoms with van der Waals surface area (Å²) in [5, 5.41) is 14.4. The highest BCUT2D eigenvalue weighted by Gasteiger charge is 2.08. The van der Waals surface area contributed by atoms with Gasteiger partial charge in [-0.2, -0.15) is 0 Å². The zero-order valence-corrected chi connectivity index (χ0v) is 12.6. The van der Waals surface area contributed by atoms with E-state index in [0.29, 0.717) is 11.3 Å². The van der Waals surface area contributed by atoms with E-state index in [9.17, 15) is 9.59 Å². The van der Waals surface area contributed by atoms with Gasteiger partial charge in [0.05, 0.1) is 5.56 Å². The SMILES string of the molecule is Cc1ccc(C(=O)NC(=S)Nc2cccc(C(=O)O)c2)cc1. The molecule has 0 spiro atoms. The third-order valence-corrected chi connectivity index (χ3v) is 3.11. The van der Waals surface area contributed by atoms with Crippen molar-refractivity contribution in [3.8, 4) is 0 Å². The van der Waals surface area contributed by atoms with Crippen LogP contribution in [0.5, 0.6) is 0 Å².